The van der Waals surface area contributed by atoms with Gasteiger partial charge in [-0.05, 0) is 146 Å². The molecule has 0 aliphatic carbocycles. The number of rotatable bonds is 12. The summed E-state index contributed by atoms with van der Waals surface area (Å²) in [4.78, 5) is 35.0. The van der Waals surface area contributed by atoms with Crippen molar-refractivity contribution in [3.8, 4) is 28.6 Å². The van der Waals surface area contributed by atoms with Gasteiger partial charge in [0.25, 0.3) is 0 Å². The number of fused-ring (bicyclic) bond motifs is 6. The molecular formula is C70H74F9N7O7. The molecular weight excluding hydrogens is 1220 g/mol. The van der Waals surface area contributed by atoms with E-state index in [0.29, 0.717) is 53.6 Å². The highest BCUT2D eigenvalue weighted by Gasteiger charge is 2.47. The van der Waals surface area contributed by atoms with Gasteiger partial charge in [0.2, 0.25) is 0 Å². The summed E-state index contributed by atoms with van der Waals surface area (Å²) in [6, 6.07) is 26.6. The van der Waals surface area contributed by atoms with E-state index in [1.54, 1.807) is 6.20 Å². The third-order valence-corrected chi connectivity index (χ3v) is 19.0. The van der Waals surface area contributed by atoms with Crippen molar-refractivity contribution in [3.63, 3.8) is 0 Å². The second kappa shape index (κ2) is 26.1. The van der Waals surface area contributed by atoms with Gasteiger partial charge in [0, 0.05) is 100 Å². The predicted octanol–water partition coefficient (Wildman–Crippen LogP) is 16.3. The molecule has 0 N–H and O–H groups in total. The van der Waals surface area contributed by atoms with Crippen LogP contribution >= 0.6 is 0 Å². The molecule has 0 amide bonds. The van der Waals surface area contributed by atoms with Crippen LogP contribution in [-0.4, -0.2) is 93.5 Å². The van der Waals surface area contributed by atoms with Crippen molar-refractivity contribution < 1.29 is 72.4 Å². The molecule has 14 rings (SSSR count). The number of carbonyl (C=O) groups excluding carboxylic acids is 1. The van der Waals surface area contributed by atoms with Gasteiger partial charge in [0.15, 0.2) is 23.2 Å². The van der Waals surface area contributed by atoms with E-state index in [1.165, 1.54) is 25.1 Å². The van der Waals surface area contributed by atoms with Crippen LogP contribution in [0.15, 0.2) is 120 Å². The highest BCUT2D eigenvalue weighted by atomic mass is 19.4. The van der Waals surface area contributed by atoms with Crippen molar-refractivity contribution in [1.29, 1.82) is 0 Å². The van der Waals surface area contributed by atoms with Crippen molar-refractivity contribution in [3.05, 3.63) is 166 Å². The third-order valence-electron chi connectivity index (χ3n) is 19.0. The Bertz CT molecular complexity index is 3720. The summed E-state index contributed by atoms with van der Waals surface area (Å²) in [5.74, 6) is 4.37. The second-order valence-electron chi connectivity index (χ2n) is 25.7. The zero-order chi connectivity index (χ0) is 65.7. The molecule has 6 bridgehead atoms. The minimum Gasteiger partial charge on any atom is -0.490 e. The highest BCUT2D eigenvalue weighted by Crippen LogP contribution is 2.46. The maximum absolute atomic E-state index is 12.9. The molecule has 11 heterocycles. The topological polar surface area (TPSA) is 138 Å². The fourth-order valence-corrected chi connectivity index (χ4v) is 14.7. The molecule has 494 valence electrons. The first-order chi connectivity index (χ1) is 44.2. The van der Waals surface area contributed by atoms with Gasteiger partial charge in [-0.15, -0.1) is 0 Å². The first-order valence-corrected chi connectivity index (χ1v) is 31.7. The van der Waals surface area contributed by atoms with Gasteiger partial charge in [-0.25, -0.2) is 19.9 Å². The van der Waals surface area contributed by atoms with Crippen molar-refractivity contribution in [2.75, 3.05) is 27.9 Å². The Kier molecular flexibility index (Phi) is 18.3. The lowest BCUT2D eigenvalue weighted by Crippen LogP contribution is -2.47. The minimum atomic E-state index is -4.38. The molecule has 3 aromatic carbocycles. The molecule has 93 heavy (non-hydrogen) atoms. The summed E-state index contributed by atoms with van der Waals surface area (Å²) < 4.78 is 152. The van der Waals surface area contributed by atoms with Crippen LogP contribution in [0.25, 0.3) is 11.3 Å². The number of aromatic nitrogens is 4. The van der Waals surface area contributed by atoms with E-state index >= 15 is 0 Å². The van der Waals surface area contributed by atoms with E-state index in [0.717, 1.165) is 153 Å². The normalized spacial score (nSPS) is 24.6. The number of ketones is 1. The number of anilines is 3. The van der Waals surface area contributed by atoms with E-state index in [-0.39, 0.29) is 60.3 Å². The number of Topliss-reactive ketones (excluding diaryl/α,β-unsaturated/α-hetero) is 1. The Morgan fingerprint density at radius 3 is 1.20 bits per heavy atom. The number of oxazole rings is 1. The van der Waals surface area contributed by atoms with Crippen LogP contribution in [0, 0.1) is 27.7 Å². The fraction of sp³-hybridized carbons (Fsp3) is 0.471. The van der Waals surface area contributed by atoms with E-state index in [1.807, 2.05) is 83.1 Å². The molecule has 0 saturated carbocycles. The first-order valence-electron chi connectivity index (χ1n) is 31.7. The van der Waals surface area contributed by atoms with Gasteiger partial charge < -0.3 is 42.8 Å². The van der Waals surface area contributed by atoms with Crippen molar-refractivity contribution in [2.45, 2.75) is 197 Å². The second-order valence-corrected chi connectivity index (χ2v) is 25.7. The molecule has 14 nitrogen and oxygen atoms in total. The Balaban J connectivity index is 0.000000134. The van der Waals surface area contributed by atoms with Crippen LogP contribution in [0.1, 0.15) is 146 Å². The largest absolute Gasteiger partial charge is 0.490 e. The monoisotopic (exact) mass is 1300 g/mol. The Morgan fingerprint density at radius 1 is 0.473 bits per heavy atom. The zero-order valence-electron chi connectivity index (χ0n) is 52.5. The standard InChI is InChI=1S/C24H24F3N3O2.C24H27F3N2O3.C22H23F3N2O2/c1-14-3-7-21(20(9-14)22-13-28-15(2)31-22)32-19-10-17-5-6-18(11-19)30(17)23-8-4-16(12-29-23)24(25,26)27;1-15-3-7-21(20(11-15)23(2)30-9-10-31-23)32-19-12-17-5-6-18(13-19)29(17)22-8-4-16(14-28-22)24(25,26)27;1-13-3-7-20(19(9-13)14(2)28)29-18-10-16-5-6-17(11-18)27(16)21-8-4-15(12-26-21)22(23,24)25/h3-4,7-9,12-13,17-19H,5-6,10-11H2,1-2H3;3-4,7-8,11,14,17-19H,5-6,9-10,12-13H2,1-2H3;3-4,7-9,12,16-18H,5-6,10-11H2,1-2H3/t2*17-,18+,19?;16-,17+,18?. The maximum Gasteiger partial charge on any atom is 0.417 e. The number of benzene rings is 3. The average Bonchev–Trinajstić information content (AvgIpc) is 1.73. The molecule has 4 aromatic heterocycles. The first kappa shape index (κ1) is 65.2. The van der Waals surface area contributed by atoms with Crippen LogP contribution in [0.3, 0.4) is 0 Å². The Hall–Kier alpha value is -7.92. The number of piperidine rings is 3. The smallest absolute Gasteiger partial charge is 0.417 e. The van der Waals surface area contributed by atoms with Gasteiger partial charge in [0.05, 0.1) is 52.8 Å². The summed E-state index contributed by atoms with van der Waals surface area (Å²) in [5.41, 5.74) is 3.41. The predicted molar refractivity (Wildman–Crippen MR) is 330 cm³/mol. The summed E-state index contributed by atoms with van der Waals surface area (Å²) in [7, 11) is 0. The van der Waals surface area contributed by atoms with Gasteiger partial charge in [-0.2, -0.15) is 39.5 Å². The Labute approximate surface area is 533 Å². The molecule has 7 fully saturated rings. The van der Waals surface area contributed by atoms with Crippen LogP contribution in [0.4, 0.5) is 57.0 Å². The van der Waals surface area contributed by atoms with E-state index in [2.05, 4.69) is 40.7 Å². The van der Waals surface area contributed by atoms with Crippen molar-refractivity contribution in [2.24, 2.45) is 0 Å². The molecule has 0 radical (unpaired) electrons. The molecule has 7 aliphatic heterocycles. The van der Waals surface area contributed by atoms with Crippen molar-refractivity contribution in [1.82, 2.24) is 19.9 Å². The average molecular weight is 1300 g/mol. The van der Waals surface area contributed by atoms with Gasteiger partial charge in [-0.3, -0.25) is 4.79 Å². The lowest BCUT2D eigenvalue weighted by Gasteiger charge is -2.40. The van der Waals surface area contributed by atoms with Crippen LogP contribution in [-0.2, 0) is 33.8 Å². The lowest BCUT2D eigenvalue weighted by atomic mass is 9.98. The summed E-state index contributed by atoms with van der Waals surface area (Å²) in [6.45, 7) is 12.3. The van der Waals surface area contributed by atoms with Gasteiger partial charge in [0.1, 0.15) is 53.0 Å². The van der Waals surface area contributed by atoms with E-state index < -0.39 is 41.0 Å². The number of pyridine rings is 3. The molecule has 23 heteroatoms. The number of hydrogen-bond donors (Lipinski definition) is 0. The van der Waals surface area contributed by atoms with Crippen LogP contribution < -0.4 is 28.9 Å². The number of halogens is 9. The molecule has 3 unspecified atom stereocenters. The summed E-state index contributed by atoms with van der Waals surface area (Å²) in [6.07, 6.45) is 1.88. The number of aryl methyl sites for hydroxylation is 4. The molecule has 7 aromatic rings. The van der Waals surface area contributed by atoms with E-state index in [9.17, 15) is 44.3 Å². The maximum atomic E-state index is 12.9. The third kappa shape index (κ3) is 14.4. The fourth-order valence-electron chi connectivity index (χ4n) is 14.7. The van der Waals surface area contributed by atoms with Crippen molar-refractivity contribution >= 4 is 23.2 Å². The SMILES string of the molecule is CC(=O)c1cc(C)ccc1OC1C[C@H]2CC[C@@H](C1)N2c1ccc(C(F)(F)F)cn1.Cc1ccc(OC2C[C@H]3CC[C@@H](C2)N3c2ccc(C(F)(F)F)cn2)c(-c2cnc(C)o2)c1.Cc1ccc(OC2C[C@H]3CC[C@@H](C2)N3c2ccc(C(F)(F)F)cn2)c(C2(C)OCCO2)c1. The quantitative estimate of drug-likeness (QED) is 0.0847. The number of alkyl halides is 9. The molecule has 7 saturated heterocycles. The number of carbonyl (C=O) groups is 1. The number of nitrogens with zero attached hydrogens (tertiary/aromatic N) is 7. The highest BCUT2D eigenvalue weighted by molar-refractivity contribution is 5.97. The lowest BCUT2D eigenvalue weighted by molar-refractivity contribution is -0.151. The molecule has 0 spiro atoms. The van der Waals surface area contributed by atoms with Crippen LogP contribution in [0.2, 0.25) is 0 Å². The molecule has 7 aliphatic rings. The van der Waals surface area contributed by atoms with E-state index in [4.69, 9.17) is 28.1 Å². The van der Waals surface area contributed by atoms with Crippen LogP contribution in [0.5, 0.6) is 17.2 Å². The number of ether oxygens (including phenoxy) is 5. The Morgan fingerprint density at radius 2 is 0.839 bits per heavy atom. The molecule has 9 atom stereocenters. The summed E-state index contributed by atoms with van der Waals surface area (Å²) in [5, 5.41) is 0. The summed E-state index contributed by atoms with van der Waals surface area (Å²) >= 11 is 0. The number of hydrogen-bond acceptors (Lipinski definition) is 14. The minimum absolute atomic E-state index is 0.0173. The zero-order valence-corrected chi connectivity index (χ0v) is 52.5. The van der Waals surface area contributed by atoms with Gasteiger partial charge >= 0.3 is 18.5 Å². The van der Waals surface area contributed by atoms with Gasteiger partial charge in [-0.1, -0.05) is 34.9 Å².